The molecule has 0 bridgehead atoms. The Kier molecular flexibility index (Phi) is 4.14. The van der Waals surface area contributed by atoms with Gasteiger partial charge in [0, 0.05) is 12.6 Å². The Bertz CT molecular complexity index is 716. The number of carboxylic acid groups (broad SMARTS) is 1. The molecule has 6 heteroatoms. The predicted octanol–water partition coefficient (Wildman–Crippen LogP) is 2.90. The number of hydrogen-bond donors (Lipinski definition) is 2. The Morgan fingerprint density at radius 1 is 1.19 bits per heavy atom. The van der Waals surface area contributed by atoms with E-state index < -0.39 is 5.97 Å². The molecule has 0 saturated carbocycles. The third kappa shape index (κ3) is 2.98. The quantitative estimate of drug-likeness (QED) is 0.854. The lowest BCUT2D eigenvalue weighted by atomic mass is 10.1. The van der Waals surface area contributed by atoms with Gasteiger partial charge in [0.15, 0.2) is 0 Å². The molecule has 0 spiro atoms. The number of nitrogens with zero attached hydrogens (tertiary/aromatic N) is 1. The van der Waals surface area contributed by atoms with Crippen molar-refractivity contribution in [1.82, 2.24) is 0 Å². The molecule has 0 aliphatic carbocycles. The van der Waals surface area contributed by atoms with Crippen LogP contribution in [0, 0.1) is 0 Å². The van der Waals surface area contributed by atoms with E-state index in [9.17, 15) is 14.7 Å². The summed E-state index contributed by atoms with van der Waals surface area (Å²) in [6.07, 6.45) is 0. The molecular weight excluding hydrogens is 292 g/mol. The molecule has 5 nitrogen and oxygen atoms in total. The van der Waals surface area contributed by atoms with E-state index in [0.29, 0.717) is 22.0 Å². The first-order valence-corrected chi connectivity index (χ1v) is 6.45. The SMILES string of the molecule is CN(C(=O)c1ccc(Cl)c(N)c1)c1ccccc1C(=O)O. The Balaban J connectivity index is 2.40. The highest BCUT2D eigenvalue weighted by Gasteiger charge is 2.19. The van der Waals surface area contributed by atoms with Crippen LogP contribution in [0.25, 0.3) is 0 Å². The van der Waals surface area contributed by atoms with Crippen molar-refractivity contribution in [3.63, 3.8) is 0 Å². The molecule has 3 N–H and O–H groups in total. The highest BCUT2D eigenvalue weighted by molar-refractivity contribution is 6.33. The number of halogens is 1. The number of para-hydroxylation sites is 1. The minimum absolute atomic E-state index is 0.0512. The monoisotopic (exact) mass is 304 g/mol. The Morgan fingerprint density at radius 3 is 2.48 bits per heavy atom. The third-order valence-electron chi connectivity index (χ3n) is 3.04. The van der Waals surface area contributed by atoms with Crippen molar-refractivity contribution in [2.45, 2.75) is 0 Å². The fraction of sp³-hybridized carbons (Fsp3) is 0.0667. The molecule has 0 radical (unpaired) electrons. The van der Waals surface area contributed by atoms with Gasteiger partial charge in [-0.25, -0.2) is 4.79 Å². The predicted molar refractivity (Wildman–Crippen MR) is 82.0 cm³/mol. The van der Waals surface area contributed by atoms with Crippen molar-refractivity contribution in [3.8, 4) is 0 Å². The van der Waals surface area contributed by atoms with Gasteiger partial charge in [0.25, 0.3) is 5.91 Å². The van der Waals surface area contributed by atoms with Crippen molar-refractivity contribution in [2.75, 3.05) is 17.7 Å². The standard InChI is InChI=1S/C15H13ClN2O3/c1-18(13-5-3-2-4-10(13)15(20)21)14(19)9-6-7-11(16)12(17)8-9/h2-8H,17H2,1H3,(H,20,21). The number of nitrogen functional groups attached to an aromatic ring is 1. The average Bonchev–Trinajstić information content (AvgIpc) is 2.48. The van der Waals surface area contributed by atoms with Crippen molar-refractivity contribution >= 4 is 34.9 Å². The lowest BCUT2D eigenvalue weighted by Gasteiger charge is -2.19. The number of carbonyl (C=O) groups is 2. The van der Waals surface area contributed by atoms with E-state index in [1.54, 1.807) is 24.3 Å². The molecule has 0 saturated heterocycles. The summed E-state index contributed by atoms with van der Waals surface area (Å²) in [6.45, 7) is 0. The van der Waals surface area contributed by atoms with Gasteiger partial charge < -0.3 is 15.7 Å². The molecule has 108 valence electrons. The number of benzene rings is 2. The van der Waals surface area contributed by atoms with E-state index in [0.717, 1.165) is 0 Å². The Hall–Kier alpha value is -2.53. The van der Waals surface area contributed by atoms with Crippen LogP contribution in [0.1, 0.15) is 20.7 Å². The minimum atomic E-state index is -1.10. The molecule has 2 aromatic carbocycles. The van der Waals surface area contributed by atoms with Crippen LogP contribution in [0.3, 0.4) is 0 Å². The van der Waals surface area contributed by atoms with Crippen molar-refractivity contribution in [3.05, 3.63) is 58.6 Å². The topological polar surface area (TPSA) is 83.6 Å². The zero-order valence-electron chi connectivity index (χ0n) is 11.2. The minimum Gasteiger partial charge on any atom is -0.478 e. The van der Waals surface area contributed by atoms with Gasteiger partial charge in [-0.05, 0) is 30.3 Å². The van der Waals surface area contributed by atoms with Crippen LogP contribution in [0.5, 0.6) is 0 Å². The summed E-state index contributed by atoms with van der Waals surface area (Å²) in [5.74, 6) is -1.46. The van der Waals surface area contributed by atoms with Crippen LogP contribution in [-0.2, 0) is 0 Å². The molecule has 0 unspecified atom stereocenters. The van der Waals surface area contributed by atoms with Crippen molar-refractivity contribution < 1.29 is 14.7 Å². The summed E-state index contributed by atoms with van der Waals surface area (Å²) >= 11 is 5.82. The number of aromatic carboxylic acids is 1. The first-order valence-electron chi connectivity index (χ1n) is 6.07. The van der Waals surface area contributed by atoms with E-state index in [1.807, 2.05) is 0 Å². The van der Waals surface area contributed by atoms with E-state index >= 15 is 0 Å². The van der Waals surface area contributed by atoms with Gasteiger partial charge in [-0.15, -0.1) is 0 Å². The Labute approximate surface area is 126 Å². The maximum Gasteiger partial charge on any atom is 0.337 e. The van der Waals surface area contributed by atoms with Gasteiger partial charge in [-0.3, -0.25) is 4.79 Å². The van der Waals surface area contributed by atoms with Crippen molar-refractivity contribution in [1.29, 1.82) is 0 Å². The van der Waals surface area contributed by atoms with Gasteiger partial charge in [0.2, 0.25) is 0 Å². The maximum absolute atomic E-state index is 12.4. The molecular formula is C15H13ClN2O3. The average molecular weight is 305 g/mol. The molecule has 0 atom stereocenters. The fourth-order valence-electron chi connectivity index (χ4n) is 1.93. The highest BCUT2D eigenvalue weighted by atomic mass is 35.5. The molecule has 0 aromatic heterocycles. The molecule has 2 rings (SSSR count). The lowest BCUT2D eigenvalue weighted by molar-refractivity contribution is 0.0697. The second kappa shape index (κ2) is 5.85. The molecule has 0 aliphatic heterocycles. The van der Waals surface area contributed by atoms with Gasteiger partial charge in [0.05, 0.1) is 22.0 Å². The van der Waals surface area contributed by atoms with Crippen LogP contribution in [0.2, 0.25) is 5.02 Å². The molecule has 0 heterocycles. The molecule has 0 aliphatic rings. The largest absolute Gasteiger partial charge is 0.478 e. The molecule has 0 fully saturated rings. The second-order valence-corrected chi connectivity index (χ2v) is 4.83. The van der Waals surface area contributed by atoms with Crippen LogP contribution < -0.4 is 10.6 Å². The fourth-order valence-corrected chi connectivity index (χ4v) is 2.04. The van der Waals surface area contributed by atoms with Crippen LogP contribution in [0.4, 0.5) is 11.4 Å². The number of amides is 1. The number of anilines is 2. The lowest BCUT2D eigenvalue weighted by Crippen LogP contribution is -2.28. The van der Waals surface area contributed by atoms with Crippen molar-refractivity contribution in [2.24, 2.45) is 0 Å². The van der Waals surface area contributed by atoms with Crippen LogP contribution in [0.15, 0.2) is 42.5 Å². The highest BCUT2D eigenvalue weighted by Crippen LogP contribution is 2.24. The van der Waals surface area contributed by atoms with E-state index in [4.69, 9.17) is 17.3 Å². The first-order chi connectivity index (χ1) is 9.91. The van der Waals surface area contributed by atoms with Gasteiger partial charge in [-0.2, -0.15) is 0 Å². The summed E-state index contributed by atoms with van der Waals surface area (Å²) < 4.78 is 0. The van der Waals surface area contributed by atoms with E-state index in [-0.39, 0.29) is 11.5 Å². The van der Waals surface area contributed by atoms with Gasteiger partial charge in [0.1, 0.15) is 0 Å². The molecule has 2 aromatic rings. The third-order valence-corrected chi connectivity index (χ3v) is 3.39. The number of nitrogens with two attached hydrogens (primary N) is 1. The van der Waals surface area contributed by atoms with Gasteiger partial charge in [-0.1, -0.05) is 23.7 Å². The van der Waals surface area contributed by atoms with Gasteiger partial charge >= 0.3 is 5.97 Å². The number of carboxylic acids is 1. The van der Waals surface area contributed by atoms with Crippen LogP contribution >= 0.6 is 11.6 Å². The maximum atomic E-state index is 12.4. The Morgan fingerprint density at radius 2 is 1.86 bits per heavy atom. The van der Waals surface area contributed by atoms with E-state index in [1.165, 1.54) is 30.1 Å². The zero-order valence-corrected chi connectivity index (χ0v) is 12.0. The summed E-state index contributed by atoms with van der Waals surface area (Å²) in [6, 6.07) is 10.8. The molecule has 21 heavy (non-hydrogen) atoms. The normalized spacial score (nSPS) is 10.2. The van der Waals surface area contributed by atoms with Crippen LogP contribution in [-0.4, -0.2) is 24.0 Å². The summed E-state index contributed by atoms with van der Waals surface area (Å²) in [4.78, 5) is 24.9. The summed E-state index contributed by atoms with van der Waals surface area (Å²) in [5, 5.41) is 9.53. The first kappa shape index (κ1) is 14.9. The smallest absolute Gasteiger partial charge is 0.337 e. The number of rotatable bonds is 3. The number of hydrogen-bond acceptors (Lipinski definition) is 3. The number of carbonyl (C=O) groups excluding carboxylic acids is 1. The summed E-state index contributed by atoms with van der Waals surface area (Å²) in [7, 11) is 1.51. The molecule has 1 amide bonds. The second-order valence-electron chi connectivity index (χ2n) is 4.42. The summed E-state index contributed by atoms with van der Waals surface area (Å²) in [5.41, 5.74) is 6.67. The zero-order chi connectivity index (χ0) is 15.6. The van der Waals surface area contributed by atoms with E-state index in [2.05, 4.69) is 0 Å².